The van der Waals surface area contributed by atoms with E-state index >= 15 is 0 Å². The molecule has 4 nitrogen and oxygen atoms in total. The molecule has 0 aliphatic carbocycles. The van der Waals surface area contributed by atoms with Crippen molar-refractivity contribution < 1.29 is 13.2 Å². The van der Waals surface area contributed by atoms with E-state index in [0.29, 0.717) is 25.4 Å². The van der Waals surface area contributed by atoms with Crippen LogP contribution < -0.4 is 5.32 Å². The van der Waals surface area contributed by atoms with Crippen LogP contribution in [0.5, 0.6) is 0 Å². The first kappa shape index (κ1) is 13.9. The molecule has 0 saturated carbocycles. The van der Waals surface area contributed by atoms with Gasteiger partial charge in [-0.1, -0.05) is 0 Å². The highest BCUT2D eigenvalue weighted by atomic mass is 32.2. The Bertz CT molecular complexity index is 306. The van der Waals surface area contributed by atoms with Gasteiger partial charge in [0.05, 0.1) is 23.2 Å². The van der Waals surface area contributed by atoms with Crippen LogP contribution in [0.25, 0.3) is 0 Å². The van der Waals surface area contributed by atoms with Gasteiger partial charge in [-0.15, -0.1) is 0 Å². The summed E-state index contributed by atoms with van der Waals surface area (Å²) in [5.41, 5.74) is -0.124. The fraction of sp³-hybridized carbons (Fsp3) is 1.00. The third-order valence-corrected chi connectivity index (χ3v) is 4.92. The quantitative estimate of drug-likeness (QED) is 0.738. The van der Waals surface area contributed by atoms with Crippen molar-refractivity contribution >= 4 is 9.84 Å². The van der Waals surface area contributed by atoms with Crippen LogP contribution in [-0.4, -0.2) is 44.7 Å². The standard InChI is InChI=1S/C11H23NO3S/c1-11(2,3)15-7-6-12-9-10-5-4-8-16(10,13)14/h10,12H,4-9H2,1-3H3. The maximum atomic E-state index is 11.5. The molecule has 0 spiro atoms. The van der Waals surface area contributed by atoms with Crippen molar-refractivity contribution in [3.63, 3.8) is 0 Å². The molecule has 0 aromatic carbocycles. The van der Waals surface area contributed by atoms with Crippen molar-refractivity contribution in [1.29, 1.82) is 0 Å². The molecule has 1 rings (SSSR count). The van der Waals surface area contributed by atoms with Crippen LogP contribution in [0.1, 0.15) is 33.6 Å². The fourth-order valence-electron chi connectivity index (χ4n) is 1.78. The third kappa shape index (κ3) is 4.80. The molecule has 1 aliphatic heterocycles. The molecular formula is C11H23NO3S. The second-order valence-corrected chi connectivity index (χ2v) is 7.70. The second kappa shape index (κ2) is 5.47. The number of ether oxygens (including phenoxy) is 1. The van der Waals surface area contributed by atoms with Gasteiger partial charge in [0.15, 0.2) is 9.84 Å². The summed E-state index contributed by atoms with van der Waals surface area (Å²) in [7, 11) is -2.81. The molecular weight excluding hydrogens is 226 g/mol. The second-order valence-electron chi connectivity index (χ2n) is 5.30. The summed E-state index contributed by atoms with van der Waals surface area (Å²) in [5.74, 6) is 0.359. The first-order valence-corrected chi connectivity index (χ1v) is 7.59. The topological polar surface area (TPSA) is 55.4 Å². The monoisotopic (exact) mass is 249 g/mol. The van der Waals surface area contributed by atoms with Gasteiger partial charge in [-0.05, 0) is 33.6 Å². The smallest absolute Gasteiger partial charge is 0.154 e. The van der Waals surface area contributed by atoms with E-state index in [4.69, 9.17) is 4.74 Å². The zero-order valence-electron chi connectivity index (χ0n) is 10.5. The summed E-state index contributed by atoms with van der Waals surface area (Å²) in [6.45, 7) is 7.92. The molecule has 0 bridgehead atoms. The molecule has 1 fully saturated rings. The molecule has 16 heavy (non-hydrogen) atoms. The highest BCUT2D eigenvalue weighted by molar-refractivity contribution is 7.92. The van der Waals surface area contributed by atoms with Crippen LogP contribution in [0, 0.1) is 0 Å². The van der Waals surface area contributed by atoms with Gasteiger partial charge >= 0.3 is 0 Å². The lowest BCUT2D eigenvalue weighted by atomic mass is 10.2. The molecule has 0 aromatic rings. The fourth-order valence-corrected chi connectivity index (χ4v) is 3.58. The number of sulfone groups is 1. The molecule has 1 atom stereocenters. The normalized spacial score (nSPS) is 24.8. The van der Waals surface area contributed by atoms with Crippen molar-refractivity contribution in [2.24, 2.45) is 0 Å². The Balaban J connectivity index is 2.12. The van der Waals surface area contributed by atoms with Gasteiger partial charge in [0.2, 0.25) is 0 Å². The van der Waals surface area contributed by atoms with Crippen molar-refractivity contribution in [2.75, 3.05) is 25.4 Å². The summed E-state index contributed by atoms with van der Waals surface area (Å²) in [6, 6.07) is 0. The molecule has 96 valence electrons. The Kier molecular flexibility index (Phi) is 4.76. The minimum atomic E-state index is -2.81. The molecule has 1 N–H and O–H groups in total. The first-order valence-electron chi connectivity index (χ1n) is 5.87. The van der Waals surface area contributed by atoms with E-state index in [0.717, 1.165) is 12.8 Å². The molecule has 0 aromatic heterocycles. The van der Waals surface area contributed by atoms with Gasteiger partial charge in [0.1, 0.15) is 0 Å². The predicted octanol–water partition coefficient (Wildman–Crippen LogP) is 0.968. The number of rotatable bonds is 5. The van der Waals surface area contributed by atoms with E-state index in [9.17, 15) is 8.42 Å². The molecule has 5 heteroatoms. The van der Waals surface area contributed by atoms with Gasteiger partial charge in [0.25, 0.3) is 0 Å². The molecule has 1 saturated heterocycles. The van der Waals surface area contributed by atoms with E-state index < -0.39 is 9.84 Å². The largest absolute Gasteiger partial charge is 0.375 e. The van der Waals surface area contributed by atoms with Crippen molar-refractivity contribution in [3.05, 3.63) is 0 Å². The van der Waals surface area contributed by atoms with E-state index in [1.165, 1.54) is 0 Å². The third-order valence-electron chi connectivity index (χ3n) is 2.65. The summed E-state index contributed by atoms with van der Waals surface area (Å²) < 4.78 is 28.6. The van der Waals surface area contributed by atoms with E-state index in [1.807, 2.05) is 20.8 Å². The zero-order valence-corrected chi connectivity index (χ0v) is 11.3. The average molecular weight is 249 g/mol. The van der Waals surface area contributed by atoms with E-state index in [1.54, 1.807) is 0 Å². The maximum Gasteiger partial charge on any atom is 0.154 e. The molecule has 0 radical (unpaired) electrons. The Morgan fingerprint density at radius 2 is 2.06 bits per heavy atom. The van der Waals surface area contributed by atoms with Gasteiger partial charge in [-0.25, -0.2) is 8.42 Å². The SMILES string of the molecule is CC(C)(C)OCCNCC1CCCS1(=O)=O. The summed E-state index contributed by atoms with van der Waals surface area (Å²) in [5, 5.41) is 2.97. The number of hydrogen-bond donors (Lipinski definition) is 1. The molecule has 1 unspecified atom stereocenters. The maximum absolute atomic E-state index is 11.5. The Morgan fingerprint density at radius 1 is 1.38 bits per heavy atom. The van der Waals surface area contributed by atoms with Crippen LogP contribution in [0.15, 0.2) is 0 Å². The van der Waals surface area contributed by atoms with Gasteiger partial charge < -0.3 is 10.1 Å². The van der Waals surface area contributed by atoms with Crippen LogP contribution in [-0.2, 0) is 14.6 Å². The van der Waals surface area contributed by atoms with Crippen LogP contribution in [0.2, 0.25) is 0 Å². The van der Waals surface area contributed by atoms with Crippen LogP contribution in [0.4, 0.5) is 0 Å². The molecule has 1 heterocycles. The number of nitrogens with one attached hydrogen (secondary N) is 1. The molecule has 1 aliphatic rings. The molecule has 0 amide bonds. The predicted molar refractivity (Wildman–Crippen MR) is 65.4 cm³/mol. The van der Waals surface area contributed by atoms with Gasteiger partial charge in [0, 0.05) is 13.1 Å². The summed E-state index contributed by atoms with van der Waals surface area (Å²) in [4.78, 5) is 0. The van der Waals surface area contributed by atoms with E-state index in [2.05, 4.69) is 5.32 Å². The van der Waals surface area contributed by atoms with Crippen molar-refractivity contribution in [3.8, 4) is 0 Å². The minimum absolute atomic E-state index is 0.124. The highest BCUT2D eigenvalue weighted by Gasteiger charge is 2.30. The van der Waals surface area contributed by atoms with Gasteiger partial charge in [-0.2, -0.15) is 0 Å². The first-order chi connectivity index (χ1) is 7.31. The Hall–Kier alpha value is -0.130. The van der Waals surface area contributed by atoms with Crippen molar-refractivity contribution in [2.45, 2.75) is 44.5 Å². The van der Waals surface area contributed by atoms with Gasteiger partial charge in [-0.3, -0.25) is 0 Å². The zero-order chi connectivity index (χ0) is 12.2. The highest BCUT2D eigenvalue weighted by Crippen LogP contribution is 2.18. The Morgan fingerprint density at radius 3 is 2.56 bits per heavy atom. The van der Waals surface area contributed by atoms with E-state index in [-0.39, 0.29) is 10.9 Å². The lowest BCUT2D eigenvalue weighted by Crippen LogP contribution is -2.33. The van der Waals surface area contributed by atoms with Crippen LogP contribution >= 0.6 is 0 Å². The van der Waals surface area contributed by atoms with Crippen LogP contribution in [0.3, 0.4) is 0 Å². The minimum Gasteiger partial charge on any atom is -0.375 e. The summed E-state index contributed by atoms with van der Waals surface area (Å²) in [6.07, 6.45) is 1.61. The lowest BCUT2D eigenvalue weighted by Gasteiger charge is -2.20. The van der Waals surface area contributed by atoms with Crippen molar-refractivity contribution in [1.82, 2.24) is 5.32 Å². The summed E-state index contributed by atoms with van der Waals surface area (Å²) >= 11 is 0. The average Bonchev–Trinajstić information content (AvgIpc) is 2.43. The Labute approximate surface area is 98.7 Å². The lowest BCUT2D eigenvalue weighted by molar-refractivity contribution is -0.000733. The number of hydrogen-bond acceptors (Lipinski definition) is 4.